The molecular weight excluding hydrogens is 365 g/mol. The summed E-state index contributed by atoms with van der Waals surface area (Å²) in [5.74, 6) is -0.175. The first kappa shape index (κ1) is 18.4. The zero-order valence-electron chi connectivity index (χ0n) is 14.6. The third-order valence-electron chi connectivity index (χ3n) is 3.62. The highest BCUT2D eigenvalue weighted by Gasteiger charge is 2.33. The van der Waals surface area contributed by atoms with Gasteiger partial charge in [0.15, 0.2) is 0 Å². The summed E-state index contributed by atoms with van der Waals surface area (Å²) in [5, 5.41) is 10.8. The smallest absolute Gasteiger partial charge is 0.368 e. The highest BCUT2D eigenvalue weighted by atomic mass is 32.1. The quantitative estimate of drug-likeness (QED) is 0.650. The highest BCUT2D eigenvalue weighted by molar-refractivity contribution is 7.20. The number of nitrogens with one attached hydrogen (secondary N) is 2. The second-order valence-electron chi connectivity index (χ2n) is 6.76. The molecule has 3 aromatic heterocycles. The fourth-order valence-electron chi connectivity index (χ4n) is 2.26. The fraction of sp³-hybridized carbons (Fsp3) is 0.438. The number of imidazole rings is 1. The average Bonchev–Trinajstić information content (AvgIpc) is 3.09. The summed E-state index contributed by atoms with van der Waals surface area (Å²) in [6.07, 6.45) is -1.22. The van der Waals surface area contributed by atoms with Crippen LogP contribution in [0.2, 0.25) is 0 Å². The minimum atomic E-state index is -4.44. The van der Waals surface area contributed by atoms with Crippen LogP contribution in [0, 0.1) is 0 Å². The van der Waals surface area contributed by atoms with Gasteiger partial charge in [0, 0.05) is 24.7 Å². The van der Waals surface area contributed by atoms with Gasteiger partial charge in [0.2, 0.25) is 10.1 Å². The Bertz CT molecular complexity index is 862. The Balaban J connectivity index is 1.58. The van der Waals surface area contributed by atoms with Crippen molar-refractivity contribution in [2.45, 2.75) is 32.4 Å². The van der Waals surface area contributed by atoms with Crippen molar-refractivity contribution in [3.05, 3.63) is 35.8 Å². The number of anilines is 2. The SMILES string of the molecule is CC(C)(C)c1cn2nc(NCCNc3ncccc3C(F)(F)F)sc2n1. The van der Waals surface area contributed by atoms with Crippen molar-refractivity contribution in [2.24, 2.45) is 0 Å². The van der Waals surface area contributed by atoms with Crippen molar-refractivity contribution in [3.8, 4) is 0 Å². The van der Waals surface area contributed by atoms with Crippen LogP contribution in [0.4, 0.5) is 24.1 Å². The van der Waals surface area contributed by atoms with Gasteiger partial charge in [-0.25, -0.2) is 14.5 Å². The molecule has 3 heterocycles. The predicted molar refractivity (Wildman–Crippen MR) is 95.8 cm³/mol. The summed E-state index contributed by atoms with van der Waals surface area (Å²) >= 11 is 1.39. The van der Waals surface area contributed by atoms with Crippen LogP contribution in [0.25, 0.3) is 4.96 Å². The second-order valence-corrected chi connectivity index (χ2v) is 7.72. The van der Waals surface area contributed by atoms with Crippen LogP contribution >= 0.6 is 11.3 Å². The number of rotatable bonds is 5. The molecule has 0 amide bonds. The summed E-state index contributed by atoms with van der Waals surface area (Å²) in [6.45, 7) is 6.91. The summed E-state index contributed by atoms with van der Waals surface area (Å²) in [5.41, 5.74) is 0.130. The number of hydrogen-bond donors (Lipinski definition) is 2. The van der Waals surface area contributed by atoms with E-state index in [4.69, 9.17) is 0 Å². The first-order valence-corrected chi connectivity index (χ1v) is 8.83. The minimum absolute atomic E-state index is 0.0518. The normalized spacial score (nSPS) is 12.5. The molecular formula is C16H19F3N6S. The Kier molecular flexibility index (Phi) is 4.78. The molecule has 0 bridgehead atoms. The summed E-state index contributed by atoms with van der Waals surface area (Å²) < 4.78 is 40.4. The molecule has 0 aliphatic rings. The van der Waals surface area contributed by atoms with E-state index in [-0.39, 0.29) is 17.8 Å². The molecule has 2 N–H and O–H groups in total. The maximum absolute atomic E-state index is 12.9. The molecule has 0 fully saturated rings. The minimum Gasteiger partial charge on any atom is -0.368 e. The van der Waals surface area contributed by atoms with E-state index in [1.807, 2.05) is 6.20 Å². The van der Waals surface area contributed by atoms with E-state index in [2.05, 4.69) is 46.5 Å². The predicted octanol–water partition coefficient (Wildman–Crippen LogP) is 4.03. The lowest BCUT2D eigenvalue weighted by atomic mass is 9.93. The van der Waals surface area contributed by atoms with Gasteiger partial charge in [-0.2, -0.15) is 13.2 Å². The molecule has 140 valence electrons. The number of halogens is 3. The molecule has 3 rings (SSSR count). The number of aromatic nitrogens is 4. The van der Waals surface area contributed by atoms with Gasteiger partial charge in [0.05, 0.1) is 17.5 Å². The number of fused-ring (bicyclic) bond motifs is 1. The Morgan fingerprint density at radius 3 is 2.54 bits per heavy atom. The van der Waals surface area contributed by atoms with Crippen molar-refractivity contribution in [2.75, 3.05) is 23.7 Å². The van der Waals surface area contributed by atoms with E-state index in [0.717, 1.165) is 16.7 Å². The van der Waals surface area contributed by atoms with Crippen LogP contribution in [0.1, 0.15) is 32.0 Å². The molecule has 0 atom stereocenters. The second kappa shape index (κ2) is 6.75. The lowest BCUT2D eigenvalue weighted by Crippen LogP contribution is -2.17. The lowest BCUT2D eigenvalue weighted by molar-refractivity contribution is -0.137. The molecule has 10 heteroatoms. The van der Waals surface area contributed by atoms with Crippen molar-refractivity contribution in [1.29, 1.82) is 0 Å². The van der Waals surface area contributed by atoms with E-state index in [9.17, 15) is 13.2 Å². The van der Waals surface area contributed by atoms with Crippen LogP contribution in [-0.2, 0) is 11.6 Å². The lowest BCUT2D eigenvalue weighted by Gasteiger charge is -2.13. The Morgan fingerprint density at radius 1 is 1.15 bits per heavy atom. The van der Waals surface area contributed by atoms with Crippen LogP contribution in [0.5, 0.6) is 0 Å². The highest BCUT2D eigenvalue weighted by Crippen LogP contribution is 2.33. The van der Waals surface area contributed by atoms with E-state index < -0.39 is 11.7 Å². The van der Waals surface area contributed by atoms with Gasteiger partial charge in [-0.3, -0.25) is 0 Å². The first-order valence-electron chi connectivity index (χ1n) is 8.01. The van der Waals surface area contributed by atoms with E-state index in [0.29, 0.717) is 11.7 Å². The van der Waals surface area contributed by atoms with Gasteiger partial charge in [-0.1, -0.05) is 32.1 Å². The number of pyridine rings is 1. The maximum atomic E-state index is 12.9. The molecule has 0 unspecified atom stereocenters. The summed E-state index contributed by atoms with van der Waals surface area (Å²) in [6, 6.07) is 2.27. The van der Waals surface area contributed by atoms with Crippen molar-refractivity contribution in [1.82, 2.24) is 19.6 Å². The molecule has 26 heavy (non-hydrogen) atoms. The van der Waals surface area contributed by atoms with Gasteiger partial charge < -0.3 is 10.6 Å². The Hall–Kier alpha value is -2.36. The van der Waals surface area contributed by atoms with E-state index in [1.165, 1.54) is 23.6 Å². The molecule has 0 saturated heterocycles. The van der Waals surface area contributed by atoms with Crippen LogP contribution in [0.3, 0.4) is 0 Å². The number of alkyl halides is 3. The topological polar surface area (TPSA) is 67.1 Å². The third-order valence-corrected chi connectivity index (χ3v) is 4.50. The summed E-state index contributed by atoms with van der Waals surface area (Å²) in [4.78, 5) is 9.08. The van der Waals surface area contributed by atoms with Gasteiger partial charge in [0.25, 0.3) is 0 Å². The van der Waals surface area contributed by atoms with Crippen molar-refractivity contribution >= 4 is 27.2 Å². The first-order chi connectivity index (χ1) is 12.1. The van der Waals surface area contributed by atoms with Crippen molar-refractivity contribution < 1.29 is 13.2 Å². The monoisotopic (exact) mass is 384 g/mol. The zero-order chi connectivity index (χ0) is 18.9. The average molecular weight is 384 g/mol. The number of hydrogen-bond acceptors (Lipinski definition) is 6. The Labute approximate surface area is 152 Å². The Morgan fingerprint density at radius 2 is 1.88 bits per heavy atom. The van der Waals surface area contributed by atoms with Crippen LogP contribution in [-0.4, -0.2) is 32.7 Å². The molecule has 0 aromatic carbocycles. The van der Waals surface area contributed by atoms with E-state index >= 15 is 0 Å². The van der Waals surface area contributed by atoms with Gasteiger partial charge >= 0.3 is 6.18 Å². The molecule has 0 saturated carbocycles. The molecule has 0 spiro atoms. The number of nitrogens with zero attached hydrogens (tertiary/aromatic N) is 4. The third kappa shape index (κ3) is 4.06. The summed E-state index contributed by atoms with van der Waals surface area (Å²) in [7, 11) is 0. The largest absolute Gasteiger partial charge is 0.419 e. The zero-order valence-corrected chi connectivity index (χ0v) is 15.4. The molecule has 3 aromatic rings. The van der Waals surface area contributed by atoms with Gasteiger partial charge in [-0.05, 0) is 12.1 Å². The standard InChI is InChI=1S/C16H19F3N6S/c1-15(2,3)11-9-25-14(23-11)26-13(24-25)22-8-7-21-12-10(16(17,18)19)5-4-6-20-12/h4-6,9H,7-8H2,1-3H3,(H,20,21)(H,22,24). The molecule has 0 radical (unpaired) electrons. The molecule has 6 nitrogen and oxygen atoms in total. The fourth-order valence-corrected chi connectivity index (χ4v) is 3.07. The van der Waals surface area contributed by atoms with Gasteiger partial charge in [0.1, 0.15) is 5.82 Å². The molecule has 0 aliphatic carbocycles. The van der Waals surface area contributed by atoms with E-state index in [1.54, 1.807) is 4.52 Å². The van der Waals surface area contributed by atoms with Crippen LogP contribution in [0.15, 0.2) is 24.5 Å². The maximum Gasteiger partial charge on any atom is 0.419 e. The van der Waals surface area contributed by atoms with Crippen LogP contribution < -0.4 is 10.6 Å². The van der Waals surface area contributed by atoms with Gasteiger partial charge in [-0.15, -0.1) is 5.10 Å². The molecule has 0 aliphatic heterocycles. The van der Waals surface area contributed by atoms with Crippen molar-refractivity contribution in [3.63, 3.8) is 0 Å².